The van der Waals surface area contributed by atoms with Crippen LogP contribution in [0.3, 0.4) is 0 Å². The van der Waals surface area contributed by atoms with Gasteiger partial charge in [-0.15, -0.1) is 0 Å². The zero-order valence-corrected chi connectivity index (χ0v) is 15.4. The number of hydrogen-bond acceptors (Lipinski definition) is 4. The third-order valence-corrected chi connectivity index (χ3v) is 4.37. The number of carbonyl (C=O) groups excluding carboxylic acids is 1. The van der Waals surface area contributed by atoms with Crippen molar-refractivity contribution in [3.8, 4) is 17.6 Å². The van der Waals surface area contributed by atoms with Crippen LogP contribution in [0.1, 0.15) is 15.9 Å². The fourth-order valence-electron chi connectivity index (χ4n) is 2.00. The first-order valence-corrected chi connectivity index (χ1v) is 8.11. The van der Waals surface area contributed by atoms with Gasteiger partial charge in [0.1, 0.15) is 11.6 Å². The number of hydrogen-bond donors (Lipinski definition) is 1. The van der Waals surface area contributed by atoms with Crippen LogP contribution in [-0.2, 0) is 0 Å². The van der Waals surface area contributed by atoms with Gasteiger partial charge in [0, 0.05) is 0 Å². The first kappa shape index (κ1) is 18.3. The fourth-order valence-corrected chi connectivity index (χ4v) is 3.03. The summed E-state index contributed by atoms with van der Waals surface area (Å²) in [7, 11) is 1.40. The quantitative estimate of drug-likeness (QED) is 0.411. The van der Waals surface area contributed by atoms with Crippen LogP contribution < -0.4 is 4.74 Å². The summed E-state index contributed by atoms with van der Waals surface area (Å²) in [6, 6.07) is 9.56. The molecule has 0 aliphatic carbocycles. The maximum atomic E-state index is 12.6. The Balaban J connectivity index is 2.53. The largest absolute Gasteiger partial charge is 0.503 e. The molecule has 24 heavy (non-hydrogen) atoms. The maximum Gasteiger partial charge on any atom is 0.206 e. The molecule has 0 spiro atoms. The third kappa shape index (κ3) is 3.73. The Kier molecular flexibility index (Phi) is 5.89. The predicted octanol–water partition coefficient (Wildman–Crippen LogP) is 5.26. The minimum absolute atomic E-state index is 0.0680. The zero-order valence-electron chi connectivity index (χ0n) is 12.3. The molecule has 0 amide bonds. The number of nitrogens with zero attached hydrogens (tertiary/aromatic N) is 1. The average Bonchev–Trinajstić information content (AvgIpc) is 2.55. The Morgan fingerprint density at radius 1 is 1.33 bits per heavy atom. The van der Waals surface area contributed by atoms with E-state index >= 15 is 0 Å². The molecule has 0 unspecified atom stereocenters. The molecule has 0 aliphatic rings. The molecule has 122 valence electrons. The van der Waals surface area contributed by atoms with E-state index in [0.29, 0.717) is 10.0 Å². The van der Waals surface area contributed by atoms with Crippen LogP contribution in [0.2, 0.25) is 10.0 Å². The van der Waals surface area contributed by atoms with E-state index in [-0.39, 0.29) is 32.7 Å². The van der Waals surface area contributed by atoms with Gasteiger partial charge in [0.05, 0.1) is 27.2 Å². The molecule has 2 aromatic rings. The topological polar surface area (TPSA) is 70.3 Å². The lowest BCUT2D eigenvalue weighted by molar-refractivity contribution is 0.104. The van der Waals surface area contributed by atoms with Crippen molar-refractivity contribution in [3.63, 3.8) is 0 Å². The second-order valence-corrected chi connectivity index (χ2v) is 6.32. The molecule has 0 bridgehead atoms. The summed E-state index contributed by atoms with van der Waals surface area (Å²) in [6.45, 7) is 0. The number of nitriles is 1. The number of halogens is 3. The molecule has 2 rings (SSSR count). The summed E-state index contributed by atoms with van der Waals surface area (Å²) in [5.74, 6) is -0.457. The number of allylic oxidation sites excluding steroid dienone is 1. The van der Waals surface area contributed by atoms with Gasteiger partial charge in [-0.05, 0) is 51.8 Å². The number of ketones is 1. The molecule has 0 saturated carbocycles. The SMILES string of the molecule is COc1cc(/C=C(\C#N)C(=O)c2c(Cl)cccc2Cl)cc(Br)c1O. The molecule has 7 heteroatoms. The number of aromatic hydroxyl groups is 1. The number of phenolic OH excluding ortho intramolecular Hbond substituents is 1. The van der Waals surface area contributed by atoms with Crippen molar-refractivity contribution in [1.29, 1.82) is 5.26 Å². The number of benzene rings is 2. The third-order valence-electron chi connectivity index (χ3n) is 3.14. The molecule has 0 saturated heterocycles. The first-order chi connectivity index (χ1) is 11.4. The van der Waals surface area contributed by atoms with E-state index < -0.39 is 5.78 Å². The first-order valence-electron chi connectivity index (χ1n) is 6.56. The maximum absolute atomic E-state index is 12.6. The molecule has 0 aromatic heterocycles. The van der Waals surface area contributed by atoms with Crippen molar-refractivity contribution in [2.45, 2.75) is 0 Å². The molecule has 0 atom stereocenters. The van der Waals surface area contributed by atoms with Crippen molar-refractivity contribution in [3.05, 3.63) is 61.5 Å². The number of rotatable bonds is 4. The van der Waals surface area contributed by atoms with E-state index in [1.165, 1.54) is 31.4 Å². The van der Waals surface area contributed by atoms with Crippen LogP contribution in [0.15, 0.2) is 40.4 Å². The van der Waals surface area contributed by atoms with Gasteiger partial charge >= 0.3 is 0 Å². The molecule has 0 radical (unpaired) electrons. The Bertz CT molecular complexity index is 868. The molecule has 4 nitrogen and oxygen atoms in total. The molecular weight excluding hydrogens is 417 g/mol. The molecule has 0 heterocycles. The number of Topliss-reactive ketones (excluding diaryl/α,β-unsaturated/α-hetero) is 1. The van der Waals surface area contributed by atoms with Gasteiger partial charge in [-0.3, -0.25) is 4.79 Å². The van der Waals surface area contributed by atoms with E-state index in [2.05, 4.69) is 15.9 Å². The average molecular weight is 427 g/mol. The second kappa shape index (κ2) is 7.71. The normalized spacial score (nSPS) is 11.0. The number of phenols is 1. The van der Waals surface area contributed by atoms with Crippen molar-refractivity contribution >= 4 is 51.0 Å². The molecule has 1 N–H and O–H groups in total. The smallest absolute Gasteiger partial charge is 0.206 e. The Hall–Kier alpha value is -2.00. The fraction of sp³-hybridized carbons (Fsp3) is 0.0588. The van der Waals surface area contributed by atoms with Gasteiger partial charge < -0.3 is 9.84 Å². The highest BCUT2D eigenvalue weighted by Crippen LogP contribution is 2.36. The van der Waals surface area contributed by atoms with E-state index in [0.717, 1.165) is 0 Å². The van der Waals surface area contributed by atoms with E-state index in [9.17, 15) is 15.2 Å². The van der Waals surface area contributed by atoms with Crippen molar-refractivity contribution in [1.82, 2.24) is 0 Å². The highest BCUT2D eigenvalue weighted by molar-refractivity contribution is 9.10. The minimum atomic E-state index is -0.587. The highest BCUT2D eigenvalue weighted by atomic mass is 79.9. The van der Waals surface area contributed by atoms with Crippen LogP contribution >= 0.6 is 39.1 Å². The Morgan fingerprint density at radius 3 is 2.50 bits per heavy atom. The van der Waals surface area contributed by atoms with Gasteiger partial charge in [0.15, 0.2) is 11.5 Å². The van der Waals surface area contributed by atoms with Gasteiger partial charge in [-0.1, -0.05) is 29.3 Å². The number of ether oxygens (including phenoxy) is 1. The van der Waals surface area contributed by atoms with Gasteiger partial charge in [0.2, 0.25) is 5.78 Å². The van der Waals surface area contributed by atoms with Gasteiger partial charge in [-0.2, -0.15) is 5.26 Å². The van der Waals surface area contributed by atoms with Crippen LogP contribution in [-0.4, -0.2) is 18.0 Å². The van der Waals surface area contributed by atoms with Crippen LogP contribution in [0.25, 0.3) is 6.08 Å². The van der Waals surface area contributed by atoms with E-state index in [1.54, 1.807) is 12.1 Å². The van der Waals surface area contributed by atoms with Crippen molar-refractivity contribution < 1.29 is 14.6 Å². The van der Waals surface area contributed by atoms with Crippen LogP contribution in [0, 0.1) is 11.3 Å². The second-order valence-electron chi connectivity index (χ2n) is 4.65. The lowest BCUT2D eigenvalue weighted by Crippen LogP contribution is -2.04. The van der Waals surface area contributed by atoms with Crippen LogP contribution in [0.5, 0.6) is 11.5 Å². The van der Waals surface area contributed by atoms with Crippen LogP contribution in [0.4, 0.5) is 0 Å². The van der Waals surface area contributed by atoms with Gasteiger partial charge in [-0.25, -0.2) is 0 Å². The summed E-state index contributed by atoms with van der Waals surface area (Å²) >= 11 is 15.2. The summed E-state index contributed by atoms with van der Waals surface area (Å²) in [5, 5.41) is 19.5. The molecule has 0 aliphatic heterocycles. The van der Waals surface area contributed by atoms with E-state index in [1.807, 2.05) is 6.07 Å². The standard InChI is InChI=1S/C17H10BrCl2NO3/c1-24-14-7-9(6-11(18)17(14)23)5-10(8-21)16(22)15-12(19)3-2-4-13(15)20/h2-7,23H,1H3/b10-5+. The van der Waals surface area contributed by atoms with E-state index in [4.69, 9.17) is 27.9 Å². The monoisotopic (exact) mass is 425 g/mol. The zero-order chi connectivity index (χ0) is 17.9. The predicted molar refractivity (Wildman–Crippen MR) is 96.7 cm³/mol. The summed E-state index contributed by atoms with van der Waals surface area (Å²) in [4.78, 5) is 12.6. The minimum Gasteiger partial charge on any atom is -0.503 e. The number of methoxy groups -OCH3 is 1. The van der Waals surface area contributed by atoms with Crippen molar-refractivity contribution in [2.75, 3.05) is 7.11 Å². The summed E-state index contributed by atoms with van der Waals surface area (Å²) < 4.78 is 5.41. The lowest BCUT2D eigenvalue weighted by Gasteiger charge is -2.08. The molecular formula is C17H10BrCl2NO3. The molecule has 0 fully saturated rings. The Labute approximate surface area is 157 Å². The van der Waals surface area contributed by atoms with Crippen molar-refractivity contribution in [2.24, 2.45) is 0 Å². The summed E-state index contributed by atoms with van der Waals surface area (Å²) in [6.07, 6.45) is 1.37. The molecule has 2 aromatic carbocycles. The highest BCUT2D eigenvalue weighted by Gasteiger charge is 2.19. The number of carbonyl (C=O) groups is 1. The summed E-state index contributed by atoms with van der Waals surface area (Å²) in [5.41, 5.74) is 0.410. The van der Waals surface area contributed by atoms with Gasteiger partial charge in [0.25, 0.3) is 0 Å². The Morgan fingerprint density at radius 2 is 1.96 bits per heavy atom. The lowest BCUT2D eigenvalue weighted by atomic mass is 10.0.